The number of rotatable bonds is 7. The smallest absolute Gasteiger partial charge is 0.293 e. The Morgan fingerprint density at radius 3 is 2.26 bits per heavy atom. The van der Waals surface area contributed by atoms with E-state index in [1.807, 2.05) is 49.4 Å². The number of morpholine rings is 1. The summed E-state index contributed by atoms with van der Waals surface area (Å²) >= 11 is 0. The number of hydrogen-bond acceptors (Lipinski definition) is 7. The molecular formula is C36H40N6O4. The van der Waals surface area contributed by atoms with Crippen molar-refractivity contribution in [3.63, 3.8) is 0 Å². The van der Waals surface area contributed by atoms with Gasteiger partial charge in [-0.15, -0.1) is 0 Å². The molecule has 2 saturated heterocycles. The number of ether oxygens (including phenoxy) is 1. The normalized spacial score (nSPS) is 15.5. The summed E-state index contributed by atoms with van der Waals surface area (Å²) in [6.07, 6.45) is 4.06. The highest BCUT2D eigenvalue weighted by molar-refractivity contribution is 6.05. The highest BCUT2D eigenvalue weighted by Crippen LogP contribution is 2.29. The van der Waals surface area contributed by atoms with Crippen LogP contribution in [0.25, 0.3) is 11.3 Å². The predicted molar refractivity (Wildman–Crippen MR) is 181 cm³/mol. The number of aryl methyl sites for hydroxylation is 1. The van der Waals surface area contributed by atoms with Gasteiger partial charge in [0, 0.05) is 73.2 Å². The van der Waals surface area contributed by atoms with Gasteiger partial charge in [-0.1, -0.05) is 19.1 Å². The molecule has 2 aliphatic heterocycles. The Morgan fingerprint density at radius 2 is 1.57 bits per heavy atom. The molecule has 2 N–H and O–H groups in total. The molecule has 6 rings (SSSR count). The van der Waals surface area contributed by atoms with E-state index >= 15 is 0 Å². The molecule has 0 saturated carbocycles. The van der Waals surface area contributed by atoms with Crippen molar-refractivity contribution in [2.24, 2.45) is 13.0 Å². The number of amides is 2. The Morgan fingerprint density at radius 1 is 0.891 bits per heavy atom. The Kier molecular flexibility index (Phi) is 9.16. The number of anilines is 4. The Labute approximate surface area is 269 Å². The molecule has 2 fully saturated rings. The van der Waals surface area contributed by atoms with Gasteiger partial charge in [0.1, 0.15) is 0 Å². The minimum Gasteiger partial charge on any atom is -0.378 e. The van der Waals surface area contributed by atoms with E-state index in [9.17, 15) is 14.4 Å². The molecule has 3 aromatic carbocycles. The minimum atomic E-state index is -0.290. The molecule has 46 heavy (non-hydrogen) atoms. The fourth-order valence-corrected chi connectivity index (χ4v) is 5.93. The van der Waals surface area contributed by atoms with E-state index in [2.05, 4.69) is 27.4 Å². The molecule has 0 radical (unpaired) electrons. The van der Waals surface area contributed by atoms with Crippen molar-refractivity contribution in [3.8, 4) is 11.3 Å². The number of carbonyl (C=O) groups is 2. The van der Waals surface area contributed by atoms with Crippen molar-refractivity contribution in [3.05, 3.63) is 100.0 Å². The molecule has 238 valence electrons. The van der Waals surface area contributed by atoms with Crippen LogP contribution in [0.3, 0.4) is 0 Å². The van der Waals surface area contributed by atoms with Gasteiger partial charge in [0.2, 0.25) is 0 Å². The van der Waals surface area contributed by atoms with Crippen LogP contribution in [0, 0.1) is 12.8 Å². The van der Waals surface area contributed by atoms with Gasteiger partial charge < -0.3 is 29.7 Å². The Bertz CT molecular complexity index is 1770. The molecule has 2 amide bonds. The maximum atomic E-state index is 13.2. The second kappa shape index (κ2) is 13.6. The third-order valence-electron chi connectivity index (χ3n) is 8.90. The predicted octanol–water partition coefficient (Wildman–Crippen LogP) is 5.46. The van der Waals surface area contributed by atoms with Gasteiger partial charge >= 0.3 is 0 Å². The molecular weight excluding hydrogens is 580 g/mol. The lowest BCUT2D eigenvalue weighted by Crippen LogP contribution is -2.40. The summed E-state index contributed by atoms with van der Waals surface area (Å²) in [5.41, 5.74) is 5.52. The van der Waals surface area contributed by atoms with Gasteiger partial charge in [-0.05, 0) is 85.8 Å². The molecule has 4 aromatic rings. The highest BCUT2D eigenvalue weighted by atomic mass is 16.5. The standard InChI is InChI=1S/C36H40N6O4/c1-24-15-17-41(18-16-24)29-13-9-26(10-14-29)34(43)39-31-6-4-5-30(25(31)2)32-23-40(3)36(45)33(38-32)37-28-11-7-27(8-12-28)35(44)42-19-21-46-22-20-42/h4-14,23-24H,15-22H2,1-3H3,(H,37,38)(H,39,43). The van der Waals surface area contributed by atoms with E-state index in [-0.39, 0.29) is 23.2 Å². The van der Waals surface area contributed by atoms with Crippen molar-refractivity contribution < 1.29 is 14.3 Å². The van der Waals surface area contributed by atoms with Crippen LogP contribution in [-0.2, 0) is 11.8 Å². The van der Waals surface area contributed by atoms with Crippen LogP contribution in [-0.4, -0.2) is 65.7 Å². The zero-order chi connectivity index (χ0) is 32.2. The summed E-state index contributed by atoms with van der Waals surface area (Å²) in [6, 6.07) is 20.5. The van der Waals surface area contributed by atoms with Crippen molar-refractivity contribution in [2.75, 3.05) is 54.9 Å². The zero-order valence-corrected chi connectivity index (χ0v) is 26.6. The lowest BCUT2D eigenvalue weighted by Gasteiger charge is -2.32. The number of piperidine rings is 1. The first-order chi connectivity index (χ1) is 22.3. The lowest BCUT2D eigenvalue weighted by molar-refractivity contribution is 0.0303. The second-order valence-corrected chi connectivity index (χ2v) is 12.1. The van der Waals surface area contributed by atoms with Crippen molar-refractivity contribution in [1.29, 1.82) is 0 Å². The van der Waals surface area contributed by atoms with Crippen LogP contribution < -0.4 is 21.1 Å². The average molecular weight is 621 g/mol. The SMILES string of the molecule is Cc1c(NC(=O)c2ccc(N3CCC(C)CC3)cc2)cccc1-c1cn(C)c(=O)c(Nc2ccc(C(=O)N3CCOCC3)cc2)n1. The summed E-state index contributed by atoms with van der Waals surface area (Å²) in [6.45, 7) is 8.52. The first-order valence-electron chi connectivity index (χ1n) is 15.8. The van der Waals surface area contributed by atoms with Crippen LogP contribution >= 0.6 is 0 Å². The highest BCUT2D eigenvalue weighted by Gasteiger charge is 2.20. The van der Waals surface area contributed by atoms with E-state index in [1.54, 1.807) is 42.4 Å². The third-order valence-corrected chi connectivity index (χ3v) is 8.90. The molecule has 0 atom stereocenters. The second-order valence-electron chi connectivity index (χ2n) is 12.1. The van der Waals surface area contributed by atoms with Crippen LogP contribution in [0.15, 0.2) is 77.7 Å². The average Bonchev–Trinajstić information content (AvgIpc) is 3.08. The molecule has 10 heteroatoms. The number of nitrogens with zero attached hydrogens (tertiary/aromatic N) is 4. The first kappa shape index (κ1) is 31.0. The molecule has 0 spiro atoms. The fraction of sp³-hybridized carbons (Fsp3) is 0.333. The number of benzene rings is 3. The van der Waals surface area contributed by atoms with Gasteiger partial charge in [-0.3, -0.25) is 14.4 Å². The summed E-state index contributed by atoms with van der Waals surface area (Å²) in [7, 11) is 1.68. The lowest BCUT2D eigenvalue weighted by atomic mass is 9.98. The number of nitrogens with one attached hydrogen (secondary N) is 2. The van der Waals surface area contributed by atoms with Crippen molar-refractivity contribution >= 4 is 34.7 Å². The molecule has 3 heterocycles. The fourth-order valence-electron chi connectivity index (χ4n) is 5.93. The van der Waals surface area contributed by atoms with Crippen LogP contribution in [0.5, 0.6) is 0 Å². The quantitative estimate of drug-likeness (QED) is 0.283. The van der Waals surface area contributed by atoms with E-state index in [0.717, 1.165) is 35.8 Å². The largest absolute Gasteiger partial charge is 0.378 e. The van der Waals surface area contributed by atoms with Crippen LogP contribution in [0.4, 0.5) is 22.9 Å². The van der Waals surface area contributed by atoms with Gasteiger partial charge in [0.25, 0.3) is 17.4 Å². The van der Waals surface area contributed by atoms with Crippen LogP contribution in [0.2, 0.25) is 0 Å². The molecule has 0 unspecified atom stereocenters. The third kappa shape index (κ3) is 6.82. The van der Waals surface area contributed by atoms with Crippen molar-refractivity contribution in [1.82, 2.24) is 14.5 Å². The van der Waals surface area contributed by atoms with E-state index in [0.29, 0.717) is 54.5 Å². The van der Waals surface area contributed by atoms with Crippen molar-refractivity contribution in [2.45, 2.75) is 26.7 Å². The molecule has 10 nitrogen and oxygen atoms in total. The zero-order valence-electron chi connectivity index (χ0n) is 26.6. The Balaban J connectivity index is 1.17. The van der Waals surface area contributed by atoms with E-state index < -0.39 is 0 Å². The maximum absolute atomic E-state index is 13.2. The summed E-state index contributed by atoms with van der Waals surface area (Å²) in [5.74, 6) is 0.683. The minimum absolute atomic E-state index is 0.0440. The number of hydrogen-bond donors (Lipinski definition) is 2. The van der Waals surface area contributed by atoms with Gasteiger partial charge in [-0.25, -0.2) is 4.98 Å². The topological polar surface area (TPSA) is 109 Å². The number of carbonyl (C=O) groups excluding carboxylic acids is 2. The Hall–Kier alpha value is -4.96. The number of aromatic nitrogens is 2. The van der Waals surface area contributed by atoms with Gasteiger partial charge in [0.15, 0.2) is 5.82 Å². The summed E-state index contributed by atoms with van der Waals surface area (Å²) in [5, 5.41) is 6.18. The van der Waals surface area contributed by atoms with E-state index in [4.69, 9.17) is 4.74 Å². The molecule has 0 aliphatic carbocycles. The maximum Gasteiger partial charge on any atom is 0.293 e. The van der Waals surface area contributed by atoms with E-state index in [1.165, 1.54) is 17.4 Å². The summed E-state index contributed by atoms with van der Waals surface area (Å²) in [4.78, 5) is 47.9. The van der Waals surface area contributed by atoms with Gasteiger partial charge in [-0.2, -0.15) is 0 Å². The first-order valence-corrected chi connectivity index (χ1v) is 15.8. The molecule has 1 aromatic heterocycles. The van der Waals surface area contributed by atoms with Crippen LogP contribution in [0.1, 0.15) is 46.0 Å². The summed E-state index contributed by atoms with van der Waals surface area (Å²) < 4.78 is 6.83. The van der Waals surface area contributed by atoms with Gasteiger partial charge in [0.05, 0.1) is 18.9 Å². The molecule has 2 aliphatic rings. The molecule has 0 bridgehead atoms. The monoisotopic (exact) mass is 620 g/mol.